The number of para-hydroxylation sites is 1. The van der Waals surface area contributed by atoms with Crippen LogP contribution in [-0.4, -0.2) is 19.6 Å². The second-order valence-corrected chi connectivity index (χ2v) is 5.29. The molecular formula is C19H23NO3. The van der Waals surface area contributed by atoms with Crippen molar-refractivity contribution in [3.05, 3.63) is 53.6 Å². The van der Waals surface area contributed by atoms with Crippen LogP contribution in [-0.2, 0) is 11.2 Å². The molecule has 0 spiro atoms. The molecule has 0 aliphatic carbocycles. The smallest absolute Gasteiger partial charge is 0.224 e. The van der Waals surface area contributed by atoms with Crippen LogP contribution >= 0.6 is 0 Å². The topological polar surface area (TPSA) is 47.6 Å². The first-order valence-electron chi connectivity index (χ1n) is 7.79. The van der Waals surface area contributed by atoms with Crippen LogP contribution in [0.5, 0.6) is 11.5 Å². The Morgan fingerprint density at radius 3 is 2.65 bits per heavy atom. The van der Waals surface area contributed by atoms with Gasteiger partial charge in [0.15, 0.2) is 0 Å². The number of nitrogens with one attached hydrogen (secondary N) is 1. The highest BCUT2D eigenvalue weighted by atomic mass is 16.5. The number of amides is 1. The Kier molecular flexibility index (Phi) is 6.03. The van der Waals surface area contributed by atoms with E-state index >= 15 is 0 Å². The van der Waals surface area contributed by atoms with Crippen LogP contribution in [0.15, 0.2) is 42.5 Å². The summed E-state index contributed by atoms with van der Waals surface area (Å²) in [6.45, 7) is 4.55. The van der Waals surface area contributed by atoms with E-state index in [1.165, 1.54) is 0 Å². The van der Waals surface area contributed by atoms with Gasteiger partial charge in [-0.05, 0) is 49.6 Å². The van der Waals surface area contributed by atoms with Gasteiger partial charge in [0.05, 0.1) is 19.4 Å². The first kappa shape index (κ1) is 16.9. The Labute approximate surface area is 137 Å². The summed E-state index contributed by atoms with van der Waals surface area (Å²) in [4.78, 5) is 12.2. The SMILES string of the molecule is CCOc1ccccc1CCC(=O)Nc1cc(C)ccc1OC. The fourth-order valence-electron chi connectivity index (χ4n) is 2.39. The lowest BCUT2D eigenvalue weighted by Crippen LogP contribution is -2.13. The van der Waals surface area contributed by atoms with Crippen molar-refractivity contribution in [1.29, 1.82) is 0 Å². The van der Waals surface area contributed by atoms with Crippen LogP contribution in [0.25, 0.3) is 0 Å². The highest BCUT2D eigenvalue weighted by Gasteiger charge is 2.10. The van der Waals surface area contributed by atoms with Crippen molar-refractivity contribution in [3.8, 4) is 11.5 Å². The zero-order valence-corrected chi connectivity index (χ0v) is 13.9. The van der Waals surface area contributed by atoms with Gasteiger partial charge in [-0.25, -0.2) is 0 Å². The van der Waals surface area contributed by atoms with E-state index in [4.69, 9.17) is 9.47 Å². The van der Waals surface area contributed by atoms with E-state index < -0.39 is 0 Å². The van der Waals surface area contributed by atoms with Crippen LogP contribution in [0.3, 0.4) is 0 Å². The lowest BCUT2D eigenvalue weighted by atomic mass is 10.1. The van der Waals surface area contributed by atoms with Crippen LogP contribution in [0.1, 0.15) is 24.5 Å². The summed E-state index contributed by atoms with van der Waals surface area (Å²) in [5.74, 6) is 1.47. The first-order chi connectivity index (χ1) is 11.1. The van der Waals surface area contributed by atoms with Gasteiger partial charge in [-0.15, -0.1) is 0 Å². The largest absolute Gasteiger partial charge is 0.495 e. The van der Waals surface area contributed by atoms with Crippen LogP contribution < -0.4 is 14.8 Å². The predicted molar refractivity (Wildman–Crippen MR) is 92.3 cm³/mol. The molecule has 4 nitrogen and oxygen atoms in total. The number of methoxy groups -OCH3 is 1. The van der Waals surface area contributed by atoms with Gasteiger partial charge in [-0.3, -0.25) is 4.79 Å². The third-order valence-electron chi connectivity index (χ3n) is 3.52. The maximum Gasteiger partial charge on any atom is 0.224 e. The number of rotatable bonds is 7. The Bertz CT molecular complexity index is 667. The molecule has 4 heteroatoms. The van der Waals surface area contributed by atoms with E-state index in [1.807, 2.05) is 56.3 Å². The molecule has 1 N–H and O–H groups in total. The fourth-order valence-corrected chi connectivity index (χ4v) is 2.39. The van der Waals surface area contributed by atoms with Gasteiger partial charge >= 0.3 is 0 Å². The molecule has 0 unspecified atom stereocenters. The number of carbonyl (C=O) groups excluding carboxylic acids is 1. The summed E-state index contributed by atoms with van der Waals surface area (Å²) in [5.41, 5.74) is 2.82. The summed E-state index contributed by atoms with van der Waals surface area (Å²) in [5, 5.41) is 2.92. The van der Waals surface area contributed by atoms with Gasteiger partial charge in [0, 0.05) is 6.42 Å². The summed E-state index contributed by atoms with van der Waals surface area (Å²) in [7, 11) is 1.60. The number of benzene rings is 2. The number of aryl methyl sites for hydroxylation is 2. The molecule has 0 fully saturated rings. The highest BCUT2D eigenvalue weighted by molar-refractivity contribution is 5.92. The molecule has 0 radical (unpaired) electrons. The van der Waals surface area contributed by atoms with Gasteiger partial charge in [0.25, 0.3) is 0 Å². The molecular weight excluding hydrogens is 290 g/mol. The second kappa shape index (κ2) is 8.22. The number of ether oxygens (including phenoxy) is 2. The molecule has 0 aliphatic heterocycles. The maximum atomic E-state index is 12.2. The molecule has 0 saturated heterocycles. The third kappa shape index (κ3) is 4.74. The molecule has 2 rings (SSSR count). The van der Waals surface area contributed by atoms with Gasteiger partial charge in [0.1, 0.15) is 11.5 Å². The fraction of sp³-hybridized carbons (Fsp3) is 0.316. The average molecular weight is 313 g/mol. The number of hydrogen-bond donors (Lipinski definition) is 1. The standard InChI is InChI=1S/C19H23NO3/c1-4-23-17-8-6-5-7-15(17)10-12-19(21)20-16-13-14(2)9-11-18(16)22-3/h5-9,11,13H,4,10,12H2,1-3H3,(H,20,21). The van der Waals surface area contributed by atoms with Crippen molar-refractivity contribution >= 4 is 11.6 Å². The monoisotopic (exact) mass is 313 g/mol. The Morgan fingerprint density at radius 1 is 1.13 bits per heavy atom. The van der Waals surface area contributed by atoms with Crippen molar-refractivity contribution in [1.82, 2.24) is 0 Å². The van der Waals surface area contributed by atoms with E-state index in [1.54, 1.807) is 7.11 Å². The lowest BCUT2D eigenvalue weighted by molar-refractivity contribution is -0.116. The Morgan fingerprint density at radius 2 is 1.91 bits per heavy atom. The van der Waals surface area contributed by atoms with Gasteiger partial charge in [-0.1, -0.05) is 24.3 Å². The van der Waals surface area contributed by atoms with Crippen molar-refractivity contribution in [2.45, 2.75) is 26.7 Å². The summed E-state index contributed by atoms with van der Waals surface area (Å²) >= 11 is 0. The summed E-state index contributed by atoms with van der Waals surface area (Å²) in [6, 6.07) is 13.5. The van der Waals surface area contributed by atoms with E-state index in [2.05, 4.69) is 5.32 Å². The molecule has 0 atom stereocenters. The quantitative estimate of drug-likeness (QED) is 0.841. The second-order valence-electron chi connectivity index (χ2n) is 5.29. The minimum absolute atomic E-state index is 0.0415. The van der Waals surface area contributed by atoms with Crippen molar-refractivity contribution in [3.63, 3.8) is 0 Å². The molecule has 0 bridgehead atoms. The number of hydrogen-bond acceptors (Lipinski definition) is 3. The minimum Gasteiger partial charge on any atom is -0.495 e. The summed E-state index contributed by atoms with van der Waals surface area (Å²) < 4.78 is 10.9. The van der Waals surface area contributed by atoms with E-state index in [-0.39, 0.29) is 5.91 Å². The zero-order chi connectivity index (χ0) is 16.7. The highest BCUT2D eigenvalue weighted by Crippen LogP contribution is 2.26. The molecule has 1 amide bonds. The van der Waals surface area contributed by atoms with Gasteiger partial charge < -0.3 is 14.8 Å². The van der Waals surface area contributed by atoms with E-state index in [0.717, 1.165) is 16.9 Å². The molecule has 0 saturated carbocycles. The lowest BCUT2D eigenvalue weighted by Gasteiger charge is -2.12. The molecule has 2 aromatic carbocycles. The summed E-state index contributed by atoms with van der Waals surface area (Å²) in [6.07, 6.45) is 1.03. The normalized spacial score (nSPS) is 10.2. The van der Waals surface area contributed by atoms with Crippen molar-refractivity contribution in [2.24, 2.45) is 0 Å². The number of anilines is 1. The van der Waals surface area contributed by atoms with Crippen molar-refractivity contribution in [2.75, 3.05) is 19.0 Å². The predicted octanol–water partition coefficient (Wildman–Crippen LogP) is 3.97. The minimum atomic E-state index is -0.0415. The van der Waals surface area contributed by atoms with Crippen molar-refractivity contribution < 1.29 is 14.3 Å². The molecule has 2 aromatic rings. The van der Waals surface area contributed by atoms with Gasteiger partial charge in [-0.2, -0.15) is 0 Å². The van der Waals surface area contributed by atoms with E-state index in [0.29, 0.717) is 30.9 Å². The van der Waals surface area contributed by atoms with Crippen LogP contribution in [0.2, 0.25) is 0 Å². The molecule has 0 aliphatic rings. The van der Waals surface area contributed by atoms with Gasteiger partial charge in [0.2, 0.25) is 5.91 Å². The van der Waals surface area contributed by atoms with Crippen LogP contribution in [0, 0.1) is 6.92 Å². The first-order valence-corrected chi connectivity index (χ1v) is 7.79. The molecule has 0 aromatic heterocycles. The Balaban J connectivity index is 2.00. The third-order valence-corrected chi connectivity index (χ3v) is 3.52. The average Bonchev–Trinajstić information content (AvgIpc) is 2.54. The molecule has 122 valence electrons. The molecule has 23 heavy (non-hydrogen) atoms. The molecule has 0 heterocycles. The maximum absolute atomic E-state index is 12.2. The Hall–Kier alpha value is -2.49. The zero-order valence-electron chi connectivity index (χ0n) is 13.9. The van der Waals surface area contributed by atoms with E-state index in [9.17, 15) is 4.79 Å². The number of carbonyl (C=O) groups is 1. The van der Waals surface area contributed by atoms with Crippen LogP contribution in [0.4, 0.5) is 5.69 Å².